The molecule has 4 heterocycles. The molecule has 4 N–H and O–H groups in total. The van der Waals surface area contributed by atoms with E-state index in [2.05, 4.69) is 30.7 Å². The highest BCUT2D eigenvalue weighted by Gasteiger charge is 2.54. The van der Waals surface area contributed by atoms with Gasteiger partial charge < -0.3 is 30.0 Å². The maximum atomic E-state index is 12.7. The number of ether oxygens (including phenoxy) is 1. The van der Waals surface area contributed by atoms with E-state index in [-0.39, 0.29) is 23.7 Å². The zero-order chi connectivity index (χ0) is 24.3. The van der Waals surface area contributed by atoms with E-state index in [0.29, 0.717) is 35.8 Å². The average molecular weight is 493 g/mol. The number of nitrogens with zero attached hydrogens (tertiary/aromatic N) is 3. The Balaban J connectivity index is 1.15. The van der Waals surface area contributed by atoms with E-state index in [9.17, 15) is 9.90 Å². The molecule has 8 rings (SSSR count). The quantitative estimate of drug-likeness (QED) is 0.412. The van der Waals surface area contributed by atoms with Gasteiger partial charge in [-0.3, -0.25) is 4.79 Å². The lowest BCUT2D eigenvalue weighted by molar-refractivity contribution is -0.129. The molecule has 0 aromatic carbocycles. The lowest BCUT2D eigenvalue weighted by Crippen LogP contribution is -2.59. The summed E-state index contributed by atoms with van der Waals surface area (Å²) >= 11 is 0. The molecule has 5 fully saturated rings. The minimum Gasteiger partial charge on any atom is -0.390 e. The first-order valence-corrected chi connectivity index (χ1v) is 13.2. The van der Waals surface area contributed by atoms with Gasteiger partial charge in [0, 0.05) is 43.6 Å². The molecular weight excluding hydrogens is 460 g/mol. The Morgan fingerprint density at radius 2 is 2.00 bits per heavy atom. The van der Waals surface area contributed by atoms with Crippen molar-refractivity contribution in [3.8, 4) is 11.5 Å². The summed E-state index contributed by atoms with van der Waals surface area (Å²) in [6.07, 6.45) is 10.5. The van der Waals surface area contributed by atoms with Crippen LogP contribution in [0.1, 0.15) is 55.6 Å². The Morgan fingerprint density at radius 3 is 2.78 bits per heavy atom. The number of nitrogens with one attached hydrogen (secondary N) is 3. The van der Waals surface area contributed by atoms with Crippen LogP contribution < -0.4 is 10.6 Å². The second-order valence-corrected chi connectivity index (χ2v) is 11.3. The number of anilines is 1. The fourth-order valence-electron chi connectivity index (χ4n) is 7.40. The number of hydrogen-bond acceptors (Lipinski definition) is 8. The summed E-state index contributed by atoms with van der Waals surface area (Å²) < 4.78 is 11.0. The zero-order valence-corrected chi connectivity index (χ0v) is 20.2. The monoisotopic (exact) mass is 492 g/mol. The first kappa shape index (κ1) is 22.2. The lowest BCUT2D eigenvalue weighted by Gasteiger charge is -2.58. The summed E-state index contributed by atoms with van der Waals surface area (Å²) in [5.74, 6) is 1.87. The van der Waals surface area contributed by atoms with Crippen LogP contribution >= 0.6 is 0 Å². The fraction of sp³-hybridized carbons (Fsp3) is 0.615. The molecular formula is C26H32N6O4. The molecule has 2 atom stereocenters. The van der Waals surface area contributed by atoms with Gasteiger partial charge in [-0.1, -0.05) is 5.16 Å². The number of carbonyl (C=O) groups is 1. The van der Waals surface area contributed by atoms with E-state index in [4.69, 9.17) is 9.26 Å². The minimum atomic E-state index is -0.488. The van der Waals surface area contributed by atoms with E-state index in [1.807, 2.05) is 12.3 Å². The van der Waals surface area contributed by atoms with Gasteiger partial charge in [0.15, 0.2) is 0 Å². The van der Waals surface area contributed by atoms with Gasteiger partial charge >= 0.3 is 0 Å². The largest absolute Gasteiger partial charge is 0.390 e. The van der Waals surface area contributed by atoms with Gasteiger partial charge in [-0.15, -0.1) is 0 Å². The van der Waals surface area contributed by atoms with Crippen LogP contribution in [0.5, 0.6) is 0 Å². The van der Waals surface area contributed by atoms with Crippen molar-refractivity contribution >= 4 is 22.6 Å². The predicted molar refractivity (Wildman–Crippen MR) is 131 cm³/mol. The molecule has 4 aliphatic carbocycles. The highest BCUT2D eigenvalue weighted by Crippen LogP contribution is 2.56. The van der Waals surface area contributed by atoms with Crippen LogP contribution in [0.4, 0.5) is 5.69 Å². The third-order valence-corrected chi connectivity index (χ3v) is 8.89. The number of carbonyl (C=O) groups excluding carboxylic acids is 1. The molecule has 3 aromatic rings. The Hall–Kier alpha value is -2.98. The number of fused-ring (bicyclic) bond motifs is 1. The molecule has 4 bridgehead atoms. The average Bonchev–Trinajstić information content (AvgIpc) is 3.54. The first-order chi connectivity index (χ1) is 17.5. The van der Waals surface area contributed by atoms with E-state index in [1.165, 1.54) is 0 Å². The van der Waals surface area contributed by atoms with Crippen LogP contribution in [0.15, 0.2) is 23.0 Å². The summed E-state index contributed by atoms with van der Waals surface area (Å²) in [6.45, 7) is 2.05. The minimum absolute atomic E-state index is 0.0222. The van der Waals surface area contributed by atoms with Gasteiger partial charge in [0.25, 0.3) is 17.6 Å². The maximum absolute atomic E-state index is 12.7. The van der Waals surface area contributed by atoms with Crippen molar-refractivity contribution in [1.29, 1.82) is 0 Å². The Morgan fingerprint density at radius 1 is 1.19 bits per heavy atom. The second-order valence-electron chi connectivity index (χ2n) is 11.3. The molecule has 1 aliphatic heterocycles. The van der Waals surface area contributed by atoms with Gasteiger partial charge in [0.05, 0.1) is 16.9 Å². The van der Waals surface area contributed by atoms with E-state index in [1.54, 1.807) is 6.20 Å². The Bertz CT molecular complexity index is 1260. The second kappa shape index (κ2) is 8.55. The zero-order valence-electron chi connectivity index (χ0n) is 20.2. The molecule has 190 valence electrons. The van der Waals surface area contributed by atoms with E-state index in [0.717, 1.165) is 74.9 Å². The van der Waals surface area contributed by atoms with E-state index < -0.39 is 5.60 Å². The molecule has 10 nitrogen and oxygen atoms in total. The lowest BCUT2D eigenvalue weighted by atomic mass is 9.52. The third kappa shape index (κ3) is 3.87. The summed E-state index contributed by atoms with van der Waals surface area (Å²) in [5.41, 5.74) is 1.87. The van der Waals surface area contributed by atoms with Crippen molar-refractivity contribution in [3.05, 3.63) is 24.3 Å². The summed E-state index contributed by atoms with van der Waals surface area (Å²) in [6, 6.07) is 2.27. The molecule has 5 aliphatic rings. The van der Waals surface area contributed by atoms with Crippen molar-refractivity contribution in [2.24, 2.45) is 23.7 Å². The SMILES string of the molecule is O=C(NCC1CCOCC1)c1noc(-c2cnc3[nH]ccc3c2NC2C3CC4CC2CC(O)(C4)C3)n1. The van der Waals surface area contributed by atoms with Gasteiger partial charge in [0.2, 0.25) is 0 Å². The smallest absolute Gasteiger partial charge is 0.292 e. The molecule has 2 unspecified atom stereocenters. The normalized spacial score (nSPS) is 31.7. The number of rotatable bonds is 6. The standard InChI is InChI=1S/C26H32N6O4/c33-24(29-12-14-2-5-35-6-3-14)23-31-25(36-32-23)19-13-28-22-18(1-4-27-22)21(19)30-20-16-7-15-8-17(20)11-26(34,9-15)10-16/h1,4,13-17,20,34H,2-3,5-12H2,(H,29,33)(H2,27,28,30). The third-order valence-electron chi connectivity index (χ3n) is 8.89. The van der Waals surface area contributed by atoms with Crippen molar-refractivity contribution in [2.75, 3.05) is 25.1 Å². The first-order valence-electron chi connectivity index (χ1n) is 13.2. The van der Waals surface area contributed by atoms with Gasteiger partial charge in [-0.05, 0) is 74.7 Å². The molecule has 36 heavy (non-hydrogen) atoms. The number of H-pyrrole nitrogens is 1. The van der Waals surface area contributed by atoms with Crippen LogP contribution in [0, 0.1) is 23.7 Å². The van der Waals surface area contributed by atoms with Gasteiger partial charge in [-0.25, -0.2) is 4.98 Å². The van der Waals surface area contributed by atoms with Crippen LogP contribution in [-0.4, -0.2) is 62.5 Å². The summed E-state index contributed by atoms with van der Waals surface area (Å²) in [4.78, 5) is 24.9. The van der Waals surface area contributed by atoms with Gasteiger partial charge in [-0.2, -0.15) is 4.98 Å². The molecule has 0 spiro atoms. The fourth-order valence-corrected chi connectivity index (χ4v) is 7.40. The van der Waals surface area contributed by atoms with E-state index >= 15 is 0 Å². The van der Waals surface area contributed by atoms with Crippen LogP contribution in [-0.2, 0) is 4.74 Å². The number of amides is 1. The molecule has 4 saturated carbocycles. The number of aliphatic hydroxyl groups is 1. The Kier molecular flexibility index (Phi) is 5.28. The molecule has 3 aromatic heterocycles. The van der Waals surface area contributed by atoms with Gasteiger partial charge in [0.1, 0.15) is 5.65 Å². The van der Waals surface area contributed by atoms with Crippen LogP contribution in [0.25, 0.3) is 22.5 Å². The van der Waals surface area contributed by atoms with Crippen LogP contribution in [0.3, 0.4) is 0 Å². The highest BCUT2D eigenvalue weighted by molar-refractivity contribution is 5.97. The number of aromatic amines is 1. The molecule has 1 amide bonds. The number of aromatic nitrogens is 4. The number of hydrogen-bond donors (Lipinski definition) is 4. The molecule has 0 radical (unpaired) electrons. The Labute approximate surface area is 208 Å². The molecule has 10 heteroatoms. The molecule has 1 saturated heterocycles. The maximum Gasteiger partial charge on any atom is 0.292 e. The predicted octanol–water partition coefficient (Wildman–Crippen LogP) is 3.12. The van der Waals surface area contributed by atoms with Crippen LogP contribution in [0.2, 0.25) is 0 Å². The highest BCUT2D eigenvalue weighted by atomic mass is 16.5. The van der Waals surface area contributed by atoms with Crippen molar-refractivity contribution in [3.63, 3.8) is 0 Å². The van der Waals surface area contributed by atoms with Crippen molar-refractivity contribution in [1.82, 2.24) is 25.4 Å². The summed E-state index contributed by atoms with van der Waals surface area (Å²) in [5, 5.41) is 22.7. The summed E-state index contributed by atoms with van der Waals surface area (Å²) in [7, 11) is 0. The topological polar surface area (TPSA) is 138 Å². The van der Waals surface area contributed by atoms with Crippen molar-refractivity contribution < 1.29 is 19.2 Å². The van der Waals surface area contributed by atoms with Crippen molar-refractivity contribution in [2.45, 2.75) is 56.6 Å². The number of pyridine rings is 1.